The Morgan fingerprint density at radius 3 is 2.62 bits per heavy atom. The molecule has 5 nitrogen and oxygen atoms in total. The number of nitrogens with zero attached hydrogens (tertiary/aromatic N) is 3. The largest absolute Gasteiger partial charge is 0.461 e. The second-order valence-electron chi connectivity index (χ2n) is 9.89. The minimum atomic E-state index is -0.448. The van der Waals surface area contributed by atoms with E-state index in [-0.39, 0.29) is 18.3 Å². The summed E-state index contributed by atoms with van der Waals surface area (Å²) in [6.45, 7) is 5.42. The van der Waals surface area contributed by atoms with Crippen LogP contribution in [0.3, 0.4) is 0 Å². The van der Waals surface area contributed by atoms with Crippen LogP contribution in [0.15, 0.2) is 75.4 Å². The fourth-order valence-corrected chi connectivity index (χ4v) is 7.78. The molecule has 0 spiro atoms. The van der Waals surface area contributed by atoms with E-state index in [0.717, 1.165) is 43.7 Å². The van der Waals surface area contributed by atoms with Crippen molar-refractivity contribution < 1.29 is 9.53 Å². The van der Waals surface area contributed by atoms with E-state index in [1.165, 1.54) is 25.8 Å². The number of hydrogen-bond donors (Lipinski definition) is 0. The first kappa shape index (κ1) is 27.7. The molecule has 1 atom stereocenters. The molecule has 0 radical (unpaired) electrons. The fraction of sp³-hybridized carbons (Fsp3) is 0.290. The Kier molecular flexibility index (Phi) is 8.20. The highest BCUT2D eigenvalue weighted by Crippen LogP contribution is 2.44. The van der Waals surface area contributed by atoms with Crippen LogP contribution in [0.2, 0.25) is 10.0 Å². The zero-order chi connectivity index (χ0) is 27.8. The third-order valence-electron chi connectivity index (χ3n) is 7.57. The average molecular weight is 611 g/mol. The molecule has 1 saturated heterocycles. The molecule has 0 saturated carbocycles. The van der Waals surface area contributed by atoms with Crippen LogP contribution in [-0.4, -0.2) is 54.9 Å². The monoisotopic (exact) mass is 609 g/mol. The SMILES string of the molecule is CCOC(=O)c1cc(N2CCN([C@H]3Cc4ccccc4Sc4ccc(SC)cc43)CC2)c2c(Cl)cc(Cl)cc2n1. The molecular formula is C31H29Cl2N3O2S2. The molecule has 0 unspecified atom stereocenters. The van der Waals surface area contributed by atoms with Gasteiger partial charge < -0.3 is 9.64 Å². The van der Waals surface area contributed by atoms with Crippen LogP contribution in [0.5, 0.6) is 0 Å². The molecule has 0 N–H and O–H groups in total. The highest BCUT2D eigenvalue weighted by molar-refractivity contribution is 7.99. The van der Waals surface area contributed by atoms with Gasteiger partial charge >= 0.3 is 5.97 Å². The van der Waals surface area contributed by atoms with E-state index in [9.17, 15) is 4.79 Å². The Labute approximate surface area is 253 Å². The van der Waals surface area contributed by atoms with Crippen molar-refractivity contribution in [3.8, 4) is 0 Å². The molecule has 1 fully saturated rings. The van der Waals surface area contributed by atoms with Crippen LogP contribution in [0.1, 0.15) is 34.6 Å². The van der Waals surface area contributed by atoms with E-state index in [0.29, 0.717) is 15.6 Å². The van der Waals surface area contributed by atoms with Crippen LogP contribution >= 0.6 is 46.7 Å². The van der Waals surface area contributed by atoms with Crippen molar-refractivity contribution >= 4 is 69.3 Å². The predicted octanol–water partition coefficient (Wildman–Crippen LogP) is 8.01. The number of hydrogen-bond acceptors (Lipinski definition) is 7. The number of carbonyl (C=O) groups is 1. The van der Waals surface area contributed by atoms with Gasteiger partial charge in [0.2, 0.25) is 0 Å². The predicted molar refractivity (Wildman–Crippen MR) is 167 cm³/mol. The van der Waals surface area contributed by atoms with Gasteiger partial charge in [0.05, 0.1) is 22.8 Å². The zero-order valence-electron chi connectivity index (χ0n) is 22.3. The second kappa shape index (κ2) is 11.8. The minimum absolute atomic E-state index is 0.265. The molecule has 2 aliphatic heterocycles. The molecule has 1 aromatic heterocycles. The molecule has 206 valence electrons. The quantitative estimate of drug-likeness (QED) is 0.168. The van der Waals surface area contributed by atoms with Crippen molar-refractivity contribution in [2.24, 2.45) is 0 Å². The summed E-state index contributed by atoms with van der Waals surface area (Å²) in [5, 5.41) is 1.82. The number of thioether (sulfide) groups is 1. The summed E-state index contributed by atoms with van der Waals surface area (Å²) in [5.41, 5.74) is 4.54. The van der Waals surface area contributed by atoms with Gasteiger partial charge in [-0.3, -0.25) is 4.90 Å². The molecule has 2 aliphatic rings. The number of halogens is 2. The molecule has 0 amide bonds. The molecule has 6 rings (SSSR count). The van der Waals surface area contributed by atoms with Gasteiger partial charge in [-0.2, -0.15) is 0 Å². The van der Waals surface area contributed by atoms with E-state index in [1.807, 2.05) is 17.8 Å². The lowest BCUT2D eigenvalue weighted by Gasteiger charge is -2.41. The first-order valence-corrected chi connectivity index (χ1v) is 16.1. The van der Waals surface area contributed by atoms with Crippen molar-refractivity contribution in [1.29, 1.82) is 0 Å². The molecule has 0 bridgehead atoms. The van der Waals surface area contributed by atoms with Crippen LogP contribution in [0.25, 0.3) is 10.9 Å². The maximum Gasteiger partial charge on any atom is 0.357 e. The number of benzene rings is 3. The zero-order valence-corrected chi connectivity index (χ0v) is 25.5. The molecular weight excluding hydrogens is 581 g/mol. The Morgan fingerprint density at radius 2 is 1.85 bits per heavy atom. The summed E-state index contributed by atoms with van der Waals surface area (Å²) < 4.78 is 5.27. The van der Waals surface area contributed by atoms with Gasteiger partial charge in [-0.05, 0) is 73.2 Å². The number of rotatable bonds is 5. The van der Waals surface area contributed by atoms with E-state index < -0.39 is 5.97 Å². The van der Waals surface area contributed by atoms with Crippen LogP contribution in [0, 0.1) is 0 Å². The summed E-state index contributed by atoms with van der Waals surface area (Å²) in [7, 11) is 0. The van der Waals surface area contributed by atoms with Crippen LogP contribution in [-0.2, 0) is 11.2 Å². The number of piperazine rings is 1. The van der Waals surface area contributed by atoms with E-state index >= 15 is 0 Å². The Bertz CT molecular complexity index is 1590. The minimum Gasteiger partial charge on any atom is -0.461 e. The number of carbonyl (C=O) groups excluding carboxylic acids is 1. The highest BCUT2D eigenvalue weighted by atomic mass is 35.5. The third kappa shape index (κ3) is 5.42. The molecule has 9 heteroatoms. The fourth-order valence-electron chi connectivity index (χ4n) is 5.64. The first-order valence-electron chi connectivity index (χ1n) is 13.3. The van der Waals surface area contributed by atoms with Gasteiger partial charge in [0, 0.05) is 57.3 Å². The van der Waals surface area contributed by atoms with Crippen molar-refractivity contribution in [2.75, 3.05) is 43.9 Å². The maximum atomic E-state index is 12.7. The van der Waals surface area contributed by atoms with Gasteiger partial charge in [0.1, 0.15) is 0 Å². The first-order chi connectivity index (χ1) is 19.4. The lowest BCUT2D eigenvalue weighted by Crippen LogP contribution is -2.48. The van der Waals surface area contributed by atoms with Crippen molar-refractivity contribution in [1.82, 2.24) is 9.88 Å². The number of pyridine rings is 1. The van der Waals surface area contributed by atoms with E-state index in [1.54, 1.807) is 30.8 Å². The Balaban J connectivity index is 1.33. The maximum absolute atomic E-state index is 12.7. The van der Waals surface area contributed by atoms with Crippen LogP contribution < -0.4 is 4.90 Å². The van der Waals surface area contributed by atoms with Gasteiger partial charge in [0.15, 0.2) is 5.69 Å². The van der Waals surface area contributed by atoms with E-state index in [2.05, 4.69) is 63.5 Å². The summed E-state index contributed by atoms with van der Waals surface area (Å²) in [5.74, 6) is -0.448. The smallest absolute Gasteiger partial charge is 0.357 e. The average Bonchev–Trinajstić information content (AvgIpc) is 3.13. The van der Waals surface area contributed by atoms with Crippen LogP contribution in [0.4, 0.5) is 5.69 Å². The number of aromatic nitrogens is 1. The molecule has 4 aromatic rings. The lowest BCUT2D eigenvalue weighted by atomic mass is 9.96. The summed E-state index contributed by atoms with van der Waals surface area (Å²) in [6.07, 6.45) is 3.11. The summed E-state index contributed by atoms with van der Waals surface area (Å²) in [6, 6.07) is 21.2. The standard InChI is InChI=1S/C31H29Cl2N3O2S2/c1-3-38-31(37)25-18-27(30-23(33)15-20(32)16-24(30)34-25)36-12-10-35(11-13-36)26-14-19-6-4-5-7-28(19)40-29-9-8-21(39-2)17-22(26)29/h4-9,15-18,26H,3,10-14H2,1-2H3/t26-/m0/s1. The molecule has 40 heavy (non-hydrogen) atoms. The third-order valence-corrected chi connectivity index (χ3v) is 10.0. The number of fused-ring (bicyclic) bond motifs is 3. The summed E-state index contributed by atoms with van der Waals surface area (Å²) >= 11 is 16.7. The molecule has 3 heterocycles. The lowest BCUT2D eigenvalue weighted by molar-refractivity contribution is 0.0520. The number of esters is 1. The molecule has 0 aliphatic carbocycles. The highest BCUT2D eigenvalue weighted by Gasteiger charge is 2.31. The second-order valence-corrected chi connectivity index (χ2v) is 12.7. The van der Waals surface area contributed by atoms with Crippen molar-refractivity contribution in [3.05, 3.63) is 87.5 Å². The van der Waals surface area contributed by atoms with Gasteiger partial charge in [-0.25, -0.2) is 9.78 Å². The van der Waals surface area contributed by atoms with Crippen molar-refractivity contribution in [3.63, 3.8) is 0 Å². The Hall–Kier alpha value is -2.42. The Morgan fingerprint density at radius 1 is 1.05 bits per heavy atom. The van der Waals surface area contributed by atoms with Gasteiger partial charge in [-0.15, -0.1) is 11.8 Å². The normalized spacial score (nSPS) is 17.3. The number of anilines is 1. The topological polar surface area (TPSA) is 45.7 Å². The van der Waals surface area contributed by atoms with Crippen molar-refractivity contribution in [2.45, 2.75) is 34.1 Å². The van der Waals surface area contributed by atoms with E-state index in [4.69, 9.17) is 27.9 Å². The summed E-state index contributed by atoms with van der Waals surface area (Å²) in [4.78, 5) is 26.1. The molecule has 3 aromatic carbocycles. The van der Waals surface area contributed by atoms with Gasteiger partial charge in [-0.1, -0.05) is 53.2 Å². The number of ether oxygens (including phenoxy) is 1. The van der Waals surface area contributed by atoms with Gasteiger partial charge in [0.25, 0.3) is 0 Å².